The van der Waals surface area contributed by atoms with E-state index in [1.165, 1.54) is 11.3 Å². The maximum absolute atomic E-state index is 12.8. The highest BCUT2D eigenvalue weighted by atomic mass is 35.5. The summed E-state index contributed by atoms with van der Waals surface area (Å²) in [5.41, 5.74) is 0. The normalized spacial score (nSPS) is 20.2. The van der Waals surface area contributed by atoms with Crippen molar-refractivity contribution in [3.8, 4) is 0 Å². The number of hydrogen-bond donors (Lipinski definition) is 2. The topological polar surface area (TPSA) is 54.0 Å². The van der Waals surface area contributed by atoms with E-state index in [1.807, 2.05) is 5.38 Å². The largest absolute Gasteiger partial charge is 0.354 e. The first-order valence-electron chi connectivity index (χ1n) is 5.34. The Hall–Kier alpha value is -0.500. The molecule has 19 heavy (non-hydrogen) atoms. The summed E-state index contributed by atoms with van der Waals surface area (Å²) in [5.74, 6) is -3.13. The van der Waals surface area contributed by atoms with Gasteiger partial charge in [0.15, 0.2) is 0 Å². The Morgan fingerprint density at radius 2 is 2.32 bits per heavy atom. The van der Waals surface area contributed by atoms with Crippen LogP contribution in [0, 0.1) is 0 Å². The number of rotatable bonds is 4. The van der Waals surface area contributed by atoms with Gasteiger partial charge in [-0.3, -0.25) is 10.1 Å². The number of amides is 1. The fraction of sp³-hybridized carbons (Fsp3) is 0.600. The average Bonchev–Trinajstić information content (AvgIpc) is 2.87. The van der Waals surface area contributed by atoms with Gasteiger partial charge in [0.05, 0.1) is 17.6 Å². The van der Waals surface area contributed by atoms with E-state index < -0.39 is 24.9 Å². The molecule has 1 saturated heterocycles. The maximum Gasteiger partial charge on any atom is 0.262 e. The highest BCUT2D eigenvalue weighted by Gasteiger charge is 2.42. The van der Waals surface area contributed by atoms with Crippen LogP contribution in [-0.2, 0) is 11.2 Å². The Morgan fingerprint density at radius 3 is 2.84 bits per heavy atom. The lowest BCUT2D eigenvalue weighted by Crippen LogP contribution is -2.41. The van der Waals surface area contributed by atoms with Crippen LogP contribution in [0.15, 0.2) is 11.6 Å². The van der Waals surface area contributed by atoms with Crippen molar-refractivity contribution < 1.29 is 13.6 Å². The molecule has 2 rings (SSSR count). The third-order valence-corrected chi connectivity index (χ3v) is 3.39. The van der Waals surface area contributed by atoms with E-state index in [1.54, 1.807) is 6.20 Å². The van der Waals surface area contributed by atoms with Crippen molar-refractivity contribution in [2.24, 2.45) is 0 Å². The number of halogens is 4. The van der Waals surface area contributed by atoms with E-state index in [9.17, 15) is 13.6 Å². The minimum atomic E-state index is -2.77. The second kappa shape index (κ2) is 7.94. The first kappa shape index (κ1) is 18.5. The molecule has 2 heterocycles. The van der Waals surface area contributed by atoms with Crippen molar-refractivity contribution >= 4 is 42.1 Å². The minimum absolute atomic E-state index is 0. The van der Waals surface area contributed by atoms with Gasteiger partial charge in [-0.2, -0.15) is 0 Å². The summed E-state index contributed by atoms with van der Waals surface area (Å²) in [6.07, 6.45) is 1.91. The molecule has 1 atom stereocenters. The molecule has 0 radical (unpaired) electrons. The standard InChI is InChI=1S/C10H13F2N3OS.2ClH/c11-10(12)5-7(15-6-10)9(16)14-2-1-8-13-3-4-17-8;;/h3-4,7,15H,1-2,5-6H2,(H,14,16);2*1H. The molecular weight excluding hydrogens is 319 g/mol. The third-order valence-electron chi connectivity index (χ3n) is 2.55. The van der Waals surface area contributed by atoms with Crippen LogP contribution in [0.25, 0.3) is 0 Å². The number of hydrogen-bond acceptors (Lipinski definition) is 4. The van der Waals surface area contributed by atoms with Crippen LogP contribution in [0.3, 0.4) is 0 Å². The van der Waals surface area contributed by atoms with Crippen molar-refractivity contribution in [2.75, 3.05) is 13.1 Å². The molecular formula is C10H15Cl2F2N3OS. The molecule has 0 spiro atoms. The molecule has 0 saturated carbocycles. The van der Waals surface area contributed by atoms with E-state index in [0.29, 0.717) is 13.0 Å². The van der Waals surface area contributed by atoms with Crippen LogP contribution in [0.4, 0.5) is 8.78 Å². The van der Waals surface area contributed by atoms with Gasteiger partial charge < -0.3 is 5.32 Å². The quantitative estimate of drug-likeness (QED) is 0.880. The third kappa shape index (κ3) is 5.56. The van der Waals surface area contributed by atoms with Gasteiger partial charge in [0, 0.05) is 31.0 Å². The van der Waals surface area contributed by atoms with E-state index in [4.69, 9.17) is 0 Å². The lowest BCUT2D eigenvalue weighted by molar-refractivity contribution is -0.123. The van der Waals surface area contributed by atoms with Crippen LogP contribution >= 0.6 is 36.2 Å². The van der Waals surface area contributed by atoms with Crippen molar-refractivity contribution in [2.45, 2.75) is 24.8 Å². The highest BCUT2D eigenvalue weighted by molar-refractivity contribution is 7.09. The molecule has 1 aromatic rings. The summed E-state index contributed by atoms with van der Waals surface area (Å²) in [6, 6.07) is -0.777. The summed E-state index contributed by atoms with van der Waals surface area (Å²) in [4.78, 5) is 15.6. The predicted molar refractivity (Wildman–Crippen MR) is 74.7 cm³/mol. The maximum atomic E-state index is 12.8. The van der Waals surface area contributed by atoms with Gasteiger partial charge in [-0.15, -0.1) is 36.2 Å². The molecule has 0 bridgehead atoms. The predicted octanol–water partition coefficient (Wildman–Crippen LogP) is 1.64. The van der Waals surface area contributed by atoms with Gasteiger partial charge in [-0.25, -0.2) is 13.8 Å². The summed E-state index contributed by atoms with van der Waals surface area (Å²) in [6.45, 7) is 0.00760. The Balaban J connectivity index is 0.00000162. The Labute approximate surface area is 126 Å². The van der Waals surface area contributed by atoms with Crippen LogP contribution in [0.1, 0.15) is 11.4 Å². The van der Waals surface area contributed by atoms with Crippen molar-refractivity contribution in [3.05, 3.63) is 16.6 Å². The van der Waals surface area contributed by atoms with E-state index in [2.05, 4.69) is 15.6 Å². The molecule has 4 nitrogen and oxygen atoms in total. The summed E-state index contributed by atoms with van der Waals surface area (Å²) in [5, 5.41) is 7.93. The second-order valence-corrected chi connectivity index (χ2v) is 4.94. The van der Waals surface area contributed by atoms with Crippen LogP contribution in [0.5, 0.6) is 0 Å². The number of alkyl halides is 2. The highest BCUT2D eigenvalue weighted by Crippen LogP contribution is 2.24. The summed E-state index contributed by atoms with van der Waals surface area (Å²) >= 11 is 1.51. The van der Waals surface area contributed by atoms with E-state index in [0.717, 1.165) is 5.01 Å². The number of carbonyl (C=O) groups is 1. The number of aromatic nitrogens is 1. The van der Waals surface area contributed by atoms with Crippen molar-refractivity contribution in [3.63, 3.8) is 0 Å². The minimum Gasteiger partial charge on any atom is -0.354 e. The van der Waals surface area contributed by atoms with Crippen LogP contribution in [0.2, 0.25) is 0 Å². The number of carbonyl (C=O) groups excluding carboxylic acids is 1. The average molecular weight is 334 g/mol. The molecule has 1 aromatic heterocycles. The summed E-state index contributed by atoms with van der Waals surface area (Å²) < 4.78 is 25.7. The van der Waals surface area contributed by atoms with E-state index >= 15 is 0 Å². The van der Waals surface area contributed by atoms with Gasteiger partial charge in [-0.05, 0) is 0 Å². The SMILES string of the molecule is Cl.Cl.O=C(NCCc1nccs1)C1CC(F)(F)CN1. The van der Waals surface area contributed by atoms with E-state index in [-0.39, 0.29) is 30.7 Å². The number of thiazole rings is 1. The Morgan fingerprint density at radius 1 is 1.58 bits per heavy atom. The number of nitrogens with zero attached hydrogens (tertiary/aromatic N) is 1. The molecule has 110 valence electrons. The molecule has 1 aliphatic heterocycles. The molecule has 2 N–H and O–H groups in total. The van der Waals surface area contributed by atoms with Crippen molar-refractivity contribution in [1.82, 2.24) is 15.6 Å². The first-order valence-corrected chi connectivity index (χ1v) is 6.22. The first-order chi connectivity index (χ1) is 8.07. The monoisotopic (exact) mass is 333 g/mol. The molecule has 0 aliphatic carbocycles. The molecule has 0 aromatic carbocycles. The van der Waals surface area contributed by atoms with Gasteiger partial charge >= 0.3 is 0 Å². The molecule has 1 fully saturated rings. The van der Waals surface area contributed by atoms with Crippen molar-refractivity contribution in [1.29, 1.82) is 0 Å². The smallest absolute Gasteiger partial charge is 0.262 e. The Kier molecular flexibility index (Phi) is 7.73. The molecule has 1 aliphatic rings. The van der Waals surface area contributed by atoms with Gasteiger partial charge in [0.2, 0.25) is 5.91 Å². The second-order valence-electron chi connectivity index (χ2n) is 3.96. The van der Waals surface area contributed by atoms with Crippen LogP contribution < -0.4 is 10.6 Å². The Bertz CT molecular complexity index is 392. The zero-order valence-corrected chi connectivity index (χ0v) is 12.3. The lowest BCUT2D eigenvalue weighted by Gasteiger charge is -2.10. The zero-order valence-electron chi connectivity index (χ0n) is 9.90. The van der Waals surface area contributed by atoms with Gasteiger partial charge in [0.25, 0.3) is 5.92 Å². The zero-order chi connectivity index (χ0) is 12.3. The molecule has 1 unspecified atom stereocenters. The lowest BCUT2D eigenvalue weighted by atomic mass is 10.2. The van der Waals surface area contributed by atoms with Gasteiger partial charge in [0.1, 0.15) is 0 Å². The number of nitrogens with one attached hydrogen (secondary N) is 2. The molecule has 9 heteroatoms. The fourth-order valence-electron chi connectivity index (χ4n) is 1.69. The van der Waals surface area contributed by atoms with Crippen LogP contribution in [-0.4, -0.2) is 35.9 Å². The van der Waals surface area contributed by atoms with Gasteiger partial charge in [-0.1, -0.05) is 0 Å². The summed E-state index contributed by atoms with van der Waals surface area (Å²) in [7, 11) is 0. The fourth-order valence-corrected chi connectivity index (χ4v) is 2.31. The molecule has 1 amide bonds.